The molecular formula is C23H23N7O. The zero-order valence-corrected chi connectivity index (χ0v) is 17.2. The molecule has 4 aromatic rings. The van der Waals surface area contributed by atoms with Gasteiger partial charge in [0.15, 0.2) is 5.69 Å². The number of hydrogen-bond acceptors (Lipinski definition) is 5. The molecular weight excluding hydrogens is 390 g/mol. The fourth-order valence-corrected chi connectivity index (χ4v) is 4.66. The van der Waals surface area contributed by atoms with E-state index in [9.17, 15) is 4.79 Å². The van der Waals surface area contributed by atoms with Crippen molar-refractivity contribution in [3.8, 4) is 6.07 Å². The number of anilines is 1. The summed E-state index contributed by atoms with van der Waals surface area (Å²) in [6.45, 7) is 2.05. The maximum atomic E-state index is 11.8. The molecule has 0 aliphatic heterocycles. The van der Waals surface area contributed by atoms with Gasteiger partial charge >= 0.3 is 0 Å². The average molecular weight is 413 g/mol. The standard InChI is InChI=1S/C23H23N7O/c1-14-18-4-2-5-19(23(25)31)22(18)28-30(14)17-10-8-15(9-11-17)26-20-6-3-7-21-27-16(12-24)13-29(20)21/h2-7,13,15,17,26H,8-11H2,1H3,(H2,25,31). The second kappa shape index (κ2) is 7.43. The molecule has 1 aliphatic rings. The molecule has 3 aromatic heterocycles. The Balaban J connectivity index is 1.34. The van der Waals surface area contributed by atoms with E-state index in [2.05, 4.69) is 28.0 Å². The van der Waals surface area contributed by atoms with E-state index in [4.69, 9.17) is 16.1 Å². The molecule has 0 saturated heterocycles. The number of carbonyl (C=O) groups is 1. The normalized spacial score (nSPS) is 18.8. The quantitative estimate of drug-likeness (QED) is 0.531. The Morgan fingerprint density at radius 3 is 2.71 bits per heavy atom. The van der Waals surface area contributed by atoms with Crippen LogP contribution in [0.15, 0.2) is 42.6 Å². The summed E-state index contributed by atoms with van der Waals surface area (Å²) in [6.07, 6.45) is 5.74. The summed E-state index contributed by atoms with van der Waals surface area (Å²) in [7, 11) is 0. The second-order valence-electron chi connectivity index (χ2n) is 8.12. The van der Waals surface area contributed by atoms with E-state index < -0.39 is 5.91 Å². The van der Waals surface area contributed by atoms with Crippen molar-refractivity contribution in [2.24, 2.45) is 5.73 Å². The monoisotopic (exact) mass is 413 g/mol. The number of pyridine rings is 1. The van der Waals surface area contributed by atoms with Crippen molar-refractivity contribution in [3.63, 3.8) is 0 Å². The van der Waals surface area contributed by atoms with E-state index in [0.29, 0.717) is 28.9 Å². The first-order chi connectivity index (χ1) is 15.0. The molecule has 8 nitrogen and oxygen atoms in total. The molecule has 1 amide bonds. The second-order valence-corrected chi connectivity index (χ2v) is 8.12. The number of amides is 1. The zero-order chi connectivity index (χ0) is 21.5. The van der Waals surface area contributed by atoms with Crippen LogP contribution in [0, 0.1) is 18.3 Å². The number of aromatic nitrogens is 4. The van der Waals surface area contributed by atoms with Gasteiger partial charge < -0.3 is 11.1 Å². The summed E-state index contributed by atoms with van der Waals surface area (Å²) < 4.78 is 4.00. The summed E-state index contributed by atoms with van der Waals surface area (Å²) in [5, 5.41) is 18.5. The van der Waals surface area contributed by atoms with Gasteiger partial charge in [-0.25, -0.2) is 4.98 Å². The average Bonchev–Trinajstić information content (AvgIpc) is 3.36. The zero-order valence-electron chi connectivity index (χ0n) is 17.2. The van der Waals surface area contributed by atoms with Crippen molar-refractivity contribution in [1.82, 2.24) is 19.2 Å². The Morgan fingerprint density at radius 1 is 1.19 bits per heavy atom. The van der Waals surface area contributed by atoms with Crippen molar-refractivity contribution in [1.29, 1.82) is 5.26 Å². The number of nitriles is 1. The molecule has 8 heteroatoms. The predicted octanol–water partition coefficient (Wildman–Crippen LogP) is 3.56. The highest BCUT2D eigenvalue weighted by atomic mass is 16.1. The highest BCUT2D eigenvalue weighted by Gasteiger charge is 2.26. The third-order valence-corrected chi connectivity index (χ3v) is 6.24. The van der Waals surface area contributed by atoms with Crippen molar-refractivity contribution >= 4 is 28.3 Å². The molecule has 0 atom stereocenters. The molecule has 1 saturated carbocycles. The lowest BCUT2D eigenvalue weighted by molar-refractivity contribution is 0.100. The molecule has 0 radical (unpaired) electrons. The van der Waals surface area contributed by atoms with E-state index in [0.717, 1.165) is 48.2 Å². The maximum absolute atomic E-state index is 11.8. The summed E-state index contributed by atoms with van der Waals surface area (Å²) in [6, 6.07) is 14.2. The van der Waals surface area contributed by atoms with Crippen LogP contribution in [0.2, 0.25) is 0 Å². The van der Waals surface area contributed by atoms with Gasteiger partial charge in [-0.1, -0.05) is 18.2 Å². The van der Waals surface area contributed by atoms with Crippen LogP contribution in [0.1, 0.15) is 53.5 Å². The van der Waals surface area contributed by atoms with Gasteiger partial charge in [0.1, 0.15) is 23.1 Å². The van der Waals surface area contributed by atoms with E-state index in [1.807, 2.05) is 34.7 Å². The van der Waals surface area contributed by atoms with Crippen LogP contribution in [0.5, 0.6) is 0 Å². The van der Waals surface area contributed by atoms with Gasteiger partial charge in [0.25, 0.3) is 5.91 Å². The SMILES string of the molecule is Cc1c2cccc(C(N)=O)c2nn1C1CCC(Nc2cccc3nc(C#N)cn23)CC1. The Hall–Kier alpha value is -3.86. The van der Waals surface area contributed by atoms with Gasteiger partial charge in [-0.05, 0) is 50.8 Å². The van der Waals surface area contributed by atoms with Gasteiger partial charge in [-0.2, -0.15) is 10.4 Å². The molecule has 1 fully saturated rings. The van der Waals surface area contributed by atoms with Crippen molar-refractivity contribution in [3.05, 3.63) is 59.5 Å². The van der Waals surface area contributed by atoms with Crippen molar-refractivity contribution < 1.29 is 4.79 Å². The number of rotatable bonds is 4. The van der Waals surface area contributed by atoms with Crippen LogP contribution in [-0.4, -0.2) is 31.1 Å². The van der Waals surface area contributed by atoms with Crippen molar-refractivity contribution in [2.75, 3.05) is 5.32 Å². The molecule has 3 N–H and O–H groups in total. The summed E-state index contributed by atoms with van der Waals surface area (Å²) in [5.74, 6) is 0.499. The van der Waals surface area contributed by atoms with Gasteiger partial charge in [-0.3, -0.25) is 13.9 Å². The van der Waals surface area contributed by atoms with Crippen LogP contribution in [-0.2, 0) is 0 Å². The molecule has 0 spiro atoms. The number of fused-ring (bicyclic) bond motifs is 2. The Labute approximate surface area is 179 Å². The van der Waals surface area contributed by atoms with Gasteiger partial charge in [-0.15, -0.1) is 0 Å². The van der Waals surface area contributed by atoms with Crippen LogP contribution >= 0.6 is 0 Å². The number of primary amides is 1. The molecule has 5 rings (SSSR count). The molecule has 3 heterocycles. The highest BCUT2D eigenvalue weighted by Crippen LogP contribution is 2.33. The van der Waals surface area contributed by atoms with E-state index in [-0.39, 0.29) is 0 Å². The molecule has 156 valence electrons. The summed E-state index contributed by atoms with van der Waals surface area (Å²) in [5.41, 5.74) is 8.94. The topological polar surface area (TPSA) is 114 Å². The fourth-order valence-electron chi connectivity index (χ4n) is 4.66. The summed E-state index contributed by atoms with van der Waals surface area (Å²) in [4.78, 5) is 16.1. The first-order valence-electron chi connectivity index (χ1n) is 10.5. The summed E-state index contributed by atoms with van der Waals surface area (Å²) >= 11 is 0. The lowest BCUT2D eigenvalue weighted by Crippen LogP contribution is -2.28. The lowest BCUT2D eigenvalue weighted by Gasteiger charge is -2.30. The smallest absolute Gasteiger partial charge is 0.250 e. The highest BCUT2D eigenvalue weighted by molar-refractivity contribution is 6.05. The minimum absolute atomic E-state index is 0.292. The number of aryl methyl sites for hydroxylation is 1. The van der Waals surface area contributed by atoms with Gasteiger partial charge in [0.2, 0.25) is 0 Å². The largest absolute Gasteiger partial charge is 0.368 e. The van der Waals surface area contributed by atoms with E-state index >= 15 is 0 Å². The number of hydrogen-bond donors (Lipinski definition) is 2. The van der Waals surface area contributed by atoms with E-state index in [1.165, 1.54) is 0 Å². The number of nitrogens with zero attached hydrogens (tertiary/aromatic N) is 5. The molecule has 0 unspecified atom stereocenters. The number of nitrogens with one attached hydrogen (secondary N) is 1. The number of carbonyl (C=O) groups excluding carboxylic acids is 1. The Kier molecular flexibility index (Phi) is 4.59. The van der Waals surface area contributed by atoms with Gasteiger partial charge in [0.05, 0.1) is 11.6 Å². The van der Waals surface area contributed by atoms with Crippen LogP contribution in [0.3, 0.4) is 0 Å². The third-order valence-electron chi connectivity index (χ3n) is 6.24. The van der Waals surface area contributed by atoms with Crippen molar-refractivity contribution in [2.45, 2.75) is 44.7 Å². The number of nitrogens with two attached hydrogens (primary N) is 1. The molecule has 1 aliphatic carbocycles. The predicted molar refractivity (Wildman–Crippen MR) is 118 cm³/mol. The number of benzene rings is 1. The lowest BCUT2D eigenvalue weighted by atomic mass is 9.91. The van der Waals surface area contributed by atoms with Gasteiger partial charge in [0, 0.05) is 23.3 Å². The minimum atomic E-state index is -0.448. The number of imidazole rings is 1. The third kappa shape index (κ3) is 3.28. The molecule has 31 heavy (non-hydrogen) atoms. The molecule has 1 aromatic carbocycles. The van der Waals surface area contributed by atoms with Crippen LogP contribution in [0.25, 0.3) is 16.6 Å². The minimum Gasteiger partial charge on any atom is -0.368 e. The van der Waals surface area contributed by atoms with E-state index in [1.54, 1.807) is 12.3 Å². The fraction of sp³-hybridized carbons (Fsp3) is 0.304. The molecule has 0 bridgehead atoms. The Morgan fingerprint density at radius 2 is 1.97 bits per heavy atom. The first-order valence-corrected chi connectivity index (χ1v) is 10.5. The maximum Gasteiger partial charge on any atom is 0.250 e. The Bertz CT molecular complexity index is 1340. The first kappa shape index (κ1) is 19.1. The van der Waals surface area contributed by atoms with Crippen LogP contribution < -0.4 is 11.1 Å². The van der Waals surface area contributed by atoms with Crippen LogP contribution in [0.4, 0.5) is 5.82 Å².